The quantitative estimate of drug-likeness (QED) is 0.797. The van der Waals surface area contributed by atoms with Crippen LogP contribution in [0.25, 0.3) is 0 Å². The highest BCUT2D eigenvalue weighted by molar-refractivity contribution is 5.78. The highest BCUT2D eigenvalue weighted by Crippen LogP contribution is 1.97. The lowest BCUT2D eigenvalue weighted by molar-refractivity contribution is -0.121. The van der Waals surface area contributed by atoms with Crippen LogP contribution in [0.1, 0.15) is 27.7 Å². The molecule has 17 heavy (non-hydrogen) atoms. The van der Waals surface area contributed by atoms with E-state index in [0.29, 0.717) is 6.54 Å². The number of carbonyl (C=O) groups is 1. The second-order valence-corrected chi connectivity index (χ2v) is 5.33. The summed E-state index contributed by atoms with van der Waals surface area (Å²) >= 11 is 0. The number of hydrogen-bond donors (Lipinski definition) is 2. The summed E-state index contributed by atoms with van der Waals surface area (Å²) in [5.74, 6) is 0.0209. The molecule has 1 unspecified atom stereocenters. The number of nitrogens with zero attached hydrogens (tertiary/aromatic N) is 2. The molecule has 1 rings (SSSR count). The van der Waals surface area contributed by atoms with Gasteiger partial charge in [-0.2, -0.15) is 0 Å². The molecular formula is C12H22N4O. The lowest BCUT2D eigenvalue weighted by Crippen LogP contribution is -2.46. The predicted molar refractivity (Wildman–Crippen MR) is 67.6 cm³/mol. The average molecular weight is 238 g/mol. The van der Waals surface area contributed by atoms with Crippen LogP contribution >= 0.6 is 0 Å². The minimum atomic E-state index is -0.0368. The molecule has 0 radical (unpaired) electrons. The van der Waals surface area contributed by atoms with E-state index in [1.165, 1.54) is 0 Å². The molecule has 5 nitrogen and oxygen atoms in total. The molecule has 0 aliphatic rings. The minimum absolute atomic E-state index is 0.0209. The summed E-state index contributed by atoms with van der Waals surface area (Å²) < 4.78 is 1.95. The van der Waals surface area contributed by atoms with Crippen molar-refractivity contribution in [3.8, 4) is 0 Å². The Labute approximate surface area is 103 Å². The molecule has 0 fully saturated rings. The molecule has 0 aliphatic carbocycles. The van der Waals surface area contributed by atoms with E-state index in [0.717, 1.165) is 6.54 Å². The van der Waals surface area contributed by atoms with Crippen LogP contribution in [0.15, 0.2) is 18.7 Å². The lowest BCUT2D eigenvalue weighted by atomic mass is 10.1. The predicted octanol–water partition coefficient (Wildman–Crippen LogP) is 0.776. The first-order chi connectivity index (χ1) is 7.87. The molecule has 1 amide bonds. The van der Waals surface area contributed by atoms with E-state index in [9.17, 15) is 4.79 Å². The van der Waals surface area contributed by atoms with E-state index in [1.807, 2.05) is 38.5 Å². The summed E-state index contributed by atoms with van der Waals surface area (Å²) in [6.07, 6.45) is 5.36. The van der Waals surface area contributed by atoms with Gasteiger partial charge in [0.05, 0.1) is 12.9 Å². The standard InChI is InChI=1S/C12H22N4O/c1-10(8-16-6-5-13-9-16)15-11(17)7-14-12(2,3)4/h5-6,9-10,14H,7-8H2,1-4H3,(H,15,17). The van der Waals surface area contributed by atoms with Crippen molar-refractivity contribution < 1.29 is 4.79 Å². The molecular weight excluding hydrogens is 216 g/mol. The maximum atomic E-state index is 11.6. The van der Waals surface area contributed by atoms with Crippen molar-refractivity contribution in [1.29, 1.82) is 0 Å². The SMILES string of the molecule is CC(Cn1ccnc1)NC(=O)CNC(C)(C)C. The molecule has 0 aliphatic heterocycles. The molecule has 2 N–H and O–H groups in total. The fourth-order valence-electron chi connectivity index (χ4n) is 1.43. The van der Waals surface area contributed by atoms with E-state index < -0.39 is 0 Å². The summed E-state index contributed by atoms with van der Waals surface area (Å²) in [7, 11) is 0. The molecule has 0 saturated carbocycles. The van der Waals surface area contributed by atoms with E-state index in [1.54, 1.807) is 12.5 Å². The van der Waals surface area contributed by atoms with E-state index in [2.05, 4.69) is 15.6 Å². The molecule has 0 bridgehead atoms. The fourth-order valence-corrected chi connectivity index (χ4v) is 1.43. The lowest BCUT2D eigenvalue weighted by Gasteiger charge is -2.21. The van der Waals surface area contributed by atoms with Crippen molar-refractivity contribution in [2.24, 2.45) is 0 Å². The minimum Gasteiger partial charge on any atom is -0.351 e. The first-order valence-electron chi connectivity index (χ1n) is 5.87. The number of hydrogen-bond acceptors (Lipinski definition) is 3. The van der Waals surface area contributed by atoms with Crippen molar-refractivity contribution in [2.45, 2.75) is 45.8 Å². The van der Waals surface area contributed by atoms with Gasteiger partial charge in [0, 0.05) is 30.5 Å². The third-order valence-corrected chi connectivity index (χ3v) is 2.23. The van der Waals surface area contributed by atoms with Crippen LogP contribution in [-0.4, -0.2) is 33.6 Å². The van der Waals surface area contributed by atoms with Crippen LogP contribution in [0.2, 0.25) is 0 Å². The van der Waals surface area contributed by atoms with E-state index >= 15 is 0 Å². The number of imidazole rings is 1. The van der Waals surface area contributed by atoms with Gasteiger partial charge in [0.1, 0.15) is 0 Å². The maximum Gasteiger partial charge on any atom is 0.234 e. The molecule has 1 aromatic heterocycles. The van der Waals surface area contributed by atoms with Crippen LogP contribution in [0.5, 0.6) is 0 Å². The van der Waals surface area contributed by atoms with Crippen LogP contribution < -0.4 is 10.6 Å². The first-order valence-corrected chi connectivity index (χ1v) is 5.87. The van der Waals surface area contributed by atoms with Crippen molar-refractivity contribution in [1.82, 2.24) is 20.2 Å². The molecule has 0 aromatic carbocycles. The van der Waals surface area contributed by atoms with Gasteiger partial charge < -0.3 is 15.2 Å². The van der Waals surface area contributed by atoms with Gasteiger partial charge in [-0.05, 0) is 27.7 Å². The van der Waals surface area contributed by atoms with Gasteiger partial charge >= 0.3 is 0 Å². The van der Waals surface area contributed by atoms with E-state index in [4.69, 9.17) is 0 Å². The molecule has 0 saturated heterocycles. The third-order valence-electron chi connectivity index (χ3n) is 2.23. The molecule has 5 heteroatoms. The molecule has 1 heterocycles. The highest BCUT2D eigenvalue weighted by Gasteiger charge is 2.12. The van der Waals surface area contributed by atoms with Crippen molar-refractivity contribution in [2.75, 3.05) is 6.54 Å². The van der Waals surface area contributed by atoms with Gasteiger partial charge in [0.15, 0.2) is 0 Å². The average Bonchev–Trinajstić information content (AvgIpc) is 2.66. The van der Waals surface area contributed by atoms with Crippen molar-refractivity contribution in [3.05, 3.63) is 18.7 Å². The van der Waals surface area contributed by atoms with Gasteiger partial charge in [-0.15, -0.1) is 0 Å². The van der Waals surface area contributed by atoms with E-state index in [-0.39, 0.29) is 17.5 Å². The first kappa shape index (κ1) is 13.7. The van der Waals surface area contributed by atoms with Crippen LogP contribution in [0, 0.1) is 0 Å². The molecule has 1 aromatic rings. The van der Waals surface area contributed by atoms with Gasteiger partial charge in [0.2, 0.25) is 5.91 Å². The van der Waals surface area contributed by atoms with Crippen molar-refractivity contribution >= 4 is 5.91 Å². The smallest absolute Gasteiger partial charge is 0.234 e. The number of rotatable bonds is 5. The maximum absolute atomic E-state index is 11.6. The Balaban J connectivity index is 2.26. The zero-order valence-corrected chi connectivity index (χ0v) is 11.0. The fraction of sp³-hybridized carbons (Fsp3) is 0.667. The summed E-state index contributed by atoms with van der Waals surface area (Å²) in [5, 5.41) is 6.10. The number of nitrogens with one attached hydrogen (secondary N) is 2. The Bertz CT molecular complexity index is 340. The zero-order valence-electron chi connectivity index (χ0n) is 11.0. The molecule has 0 spiro atoms. The van der Waals surface area contributed by atoms with Gasteiger partial charge in [-0.25, -0.2) is 4.98 Å². The summed E-state index contributed by atoms with van der Waals surface area (Å²) in [4.78, 5) is 15.6. The second kappa shape index (κ2) is 5.82. The van der Waals surface area contributed by atoms with Crippen LogP contribution in [0.4, 0.5) is 0 Å². The highest BCUT2D eigenvalue weighted by atomic mass is 16.2. The number of amides is 1. The Morgan fingerprint density at radius 1 is 1.47 bits per heavy atom. The largest absolute Gasteiger partial charge is 0.351 e. The van der Waals surface area contributed by atoms with Crippen molar-refractivity contribution in [3.63, 3.8) is 0 Å². The molecule has 1 atom stereocenters. The normalized spacial score (nSPS) is 13.4. The summed E-state index contributed by atoms with van der Waals surface area (Å²) in [6.45, 7) is 9.17. The van der Waals surface area contributed by atoms with Gasteiger partial charge in [0.25, 0.3) is 0 Å². The second-order valence-electron chi connectivity index (χ2n) is 5.33. The van der Waals surface area contributed by atoms with Crippen LogP contribution in [-0.2, 0) is 11.3 Å². The third kappa shape index (κ3) is 6.06. The van der Waals surface area contributed by atoms with Crippen LogP contribution in [0.3, 0.4) is 0 Å². The Morgan fingerprint density at radius 3 is 2.71 bits per heavy atom. The zero-order chi connectivity index (χ0) is 12.9. The number of carbonyl (C=O) groups excluding carboxylic acids is 1. The monoisotopic (exact) mass is 238 g/mol. The topological polar surface area (TPSA) is 59.0 Å². The summed E-state index contributed by atoms with van der Waals surface area (Å²) in [6, 6.07) is 0.0958. The summed E-state index contributed by atoms with van der Waals surface area (Å²) in [5.41, 5.74) is -0.0368. The molecule has 96 valence electrons. The van der Waals surface area contributed by atoms with Gasteiger partial charge in [-0.1, -0.05) is 0 Å². The Morgan fingerprint density at radius 2 is 2.18 bits per heavy atom. The van der Waals surface area contributed by atoms with Gasteiger partial charge in [-0.3, -0.25) is 4.79 Å². The number of aromatic nitrogens is 2. The Kier molecular flexibility index (Phi) is 4.69. The Hall–Kier alpha value is -1.36.